The molecule has 0 spiro atoms. The van der Waals surface area contributed by atoms with Gasteiger partial charge in [0, 0.05) is 18.1 Å². The first kappa shape index (κ1) is 16.6. The van der Waals surface area contributed by atoms with Gasteiger partial charge in [-0.3, -0.25) is 0 Å². The summed E-state index contributed by atoms with van der Waals surface area (Å²) in [7, 11) is 0. The zero-order valence-electron chi connectivity index (χ0n) is 11.8. The second kappa shape index (κ2) is 8.66. The minimum absolute atomic E-state index is 0.169. The molecule has 0 aliphatic rings. The number of thioether (sulfide) groups is 1. The molecule has 0 bridgehead atoms. The Kier molecular flexibility index (Phi) is 7.18. The predicted molar refractivity (Wildman–Crippen MR) is 84.9 cm³/mol. The van der Waals surface area contributed by atoms with Crippen molar-refractivity contribution in [2.45, 2.75) is 12.5 Å². The molecule has 5 heteroatoms. The molecule has 4 nitrogen and oxygen atoms in total. The quantitative estimate of drug-likeness (QED) is 0.508. The first-order valence-electron chi connectivity index (χ1n) is 6.54. The maximum absolute atomic E-state index is 11.6. The van der Waals surface area contributed by atoms with Gasteiger partial charge in [-0.2, -0.15) is 11.8 Å². The van der Waals surface area contributed by atoms with Crippen LogP contribution in [-0.4, -0.2) is 35.7 Å². The number of hydrogen-bond donors (Lipinski definition) is 3. The zero-order chi connectivity index (χ0) is 14.8. The van der Waals surface area contributed by atoms with Gasteiger partial charge in [-0.25, -0.2) is 4.79 Å². The third-order valence-electron chi connectivity index (χ3n) is 2.76. The van der Waals surface area contributed by atoms with E-state index in [1.807, 2.05) is 36.4 Å². The van der Waals surface area contributed by atoms with Gasteiger partial charge in [-0.15, -0.1) is 6.58 Å². The van der Waals surface area contributed by atoms with Gasteiger partial charge >= 0.3 is 6.03 Å². The number of benzene rings is 1. The lowest BCUT2D eigenvalue weighted by molar-refractivity contribution is 0.0594. The molecule has 1 rings (SSSR count). The number of aliphatic hydroxyl groups is 1. The summed E-state index contributed by atoms with van der Waals surface area (Å²) in [5.74, 6) is 1.72. The van der Waals surface area contributed by atoms with Crippen LogP contribution in [0.2, 0.25) is 0 Å². The first-order chi connectivity index (χ1) is 9.56. The first-order valence-corrected chi connectivity index (χ1v) is 7.70. The molecule has 1 aromatic carbocycles. The molecular weight excluding hydrogens is 272 g/mol. The van der Waals surface area contributed by atoms with Crippen LogP contribution in [0.1, 0.15) is 12.5 Å². The van der Waals surface area contributed by atoms with Crippen LogP contribution in [0, 0.1) is 0 Å². The van der Waals surface area contributed by atoms with E-state index in [2.05, 4.69) is 17.2 Å². The molecule has 0 radical (unpaired) electrons. The number of nitrogens with one attached hydrogen (secondary N) is 2. The Hall–Kier alpha value is -1.46. The van der Waals surface area contributed by atoms with Crippen LogP contribution in [0.3, 0.4) is 0 Å². The third kappa shape index (κ3) is 6.12. The number of rotatable bonds is 8. The van der Waals surface area contributed by atoms with Gasteiger partial charge in [-0.1, -0.05) is 36.4 Å². The Bertz CT molecular complexity index is 421. The van der Waals surface area contributed by atoms with Crippen LogP contribution >= 0.6 is 11.8 Å². The van der Waals surface area contributed by atoms with E-state index in [4.69, 9.17) is 0 Å². The Morgan fingerprint density at radius 1 is 1.40 bits per heavy atom. The van der Waals surface area contributed by atoms with Crippen molar-refractivity contribution >= 4 is 17.8 Å². The fourth-order valence-electron chi connectivity index (χ4n) is 1.62. The van der Waals surface area contributed by atoms with Gasteiger partial charge in [0.05, 0.1) is 6.54 Å². The van der Waals surface area contributed by atoms with E-state index in [0.717, 1.165) is 17.1 Å². The zero-order valence-corrected chi connectivity index (χ0v) is 12.6. The monoisotopic (exact) mass is 294 g/mol. The summed E-state index contributed by atoms with van der Waals surface area (Å²) in [6, 6.07) is 9.03. The highest BCUT2D eigenvalue weighted by Crippen LogP contribution is 2.18. The van der Waals surface area contributed by atoms with E-state index in [1.165, 1.54) is 0 Å². The maximum atomic E-state index is 11.6. The van der Waals surface area contributed by atoms with E-state index in [1.54, 1.807) is 18.7 Å². The van der Waals surface area contributed by atoms with Crippen LogP contribution in [0.15, 0.2) is 43.0 Å². The van der Waals surface area contributed by atoms with E-state index < -0.39 is 5.60 Å². The topological polar surface area (TPSA) is 61.4 Å². The lowest BCUT2D eigenvalue weighted by atomic mass is 9.96. The number of carbonyl (C=O) groups is 1. The largest absolute Gasteiger partial charge is 0.384 e. The molecule has 0 aliphatic carbocycles. The highest BCUT2D eigenvalue weighted by atomic mass is 32.2. The highest BCUT2D eigenvalue weighted by Gasteiger charge is 2.23. The van der Waals surface area contributed by atoms with Crippen molar-refractivity contribution in [1.29, 1.82) is 0 Å². The SMILES string of the molecule is C=CCSCCNC(=O)NCC(C)(O)c1ccccc1. The molecule has 0 saturated carbocycles. The molecule has 0 heterocycles. The molecule has 0 fully saturated rings. The number of carbonyl (C=O) groups excluding carboxylic acids is 1. The Morgan fingerprint density at radius 3 is 2.75 bits per heavy atom. The highest BCUT2D eigenvalue weighted by molar-refractivity contribution is 7.99. The smallest absolute Gasteiger partial charge is 0.314 e. The van der Waals surface area contributed by atoms with Crippen LogP contribution in [0.5, 0.6) is 0 Å². The molecule has 0 aromatic heterocycles. The van der Waals surface area contributed by atoms with Gasteiger partial charge in [-0.05, 0) is 12.5 Å². The van der Waals surface area contributed by atoms with E-state index in [9.17, 15) is 9.90 Å². The van der Waals surface area contributed by atoms with Crippen LogP contribution < -0.4 is 10.6 Å². The number of hydrogen-bond acceptors (Lipinski definition) is 3. The predicted octanol–water partition coefficient (Wildman–Crippen LogP) is 2.11. The van der Waals surface area contributed by atoms with Crippen molar-refractivity contribution in [3.8, 4) is 0 Å². The summed E-state index contributed by atoms with van der Waals surface area (Å²) in [5, 5.41) is 15.8. The normalized spacial score (nSPS) is 13.3. The second-order valence-corrected chi connectivity index (χ2v) is 5.76. The van der Waals surface area contributed by atoms with Gasteiger partial charge in [0.2, 0.25) is 0 Å². The summed E-state index contributed by atoms with van der Waals surface area (Å²) in [6.45, 7) is 6.08. The van der Waals surface area contributed by atoms with Gasteiger partial charge < -0.3 is 15.7 Å². The summed E-state index contributed by atoms with van der Waals surface area (Å²) in [6.07, 6.45) is 1.84. The lowest BCUT2D eigenvalue weighted by Gasteiger charge is -2.24. The summed E-state index contributed by atoms with van der Waals surface area (Å²) < 4.78 is 0. The van der Waals surface area contributed by atoms with E-state index >= 15 is 0 Å². The lowest BCUT2D eigenvalue weighted by Crippen LogP contribution is -2.44. The van der Waals surface area contributed by atoms with Crippen molar-refractivity contribution < 1.29 is 9.90 Å². The molecule has 1 aromatic rings. The molecule has 0 saturated heterocycles. The molecule has 1 atom stereocenters. The van der Waals surface area contributed by atoms with Crippen molar-refractivity contribution in [2.24, 2.45) is 0 Å². The molecule has 3 N–H and O–H groups in total. The summed E-state index contributed by atoms with van der Waals surface area (Å²) in [5.41, 5.74) is -0.294. The van der Waals surface area contributed by atoms with Gasteiger partial charge in [0.25, 0.3) is 0 Å². The fourth-order valence-corrected chi connectivity index (χ4v) is 2.20. The fraction of sp³-hybridized carbons (Fsp3) is 0.400. The number of amides is 2. The molecule has 2 amide bonds. The van der Waals surface area contributed by atoms with Gasteiger partial charge in [0.1, 0.15) is 5.60 Å². The van der Waals surface area contributed by atoms with Crippen molar-refractivity contribution in [1.82, 2.24) is 10.6 Å². The molecule has 0 aliphatic heterocycles. The van der Waals surface area contributed by atoms with Crippen molar-refractivity contribution in [2.75, 3.05) is 24.6 Å². The maximum Gasteiger partial charge on any atom is 0.314 e. The van der Waals surface area contributed by atoms with Crippen LogP contribution in [-0.2, 0) is 5.60 Å². The molecule has 110 valence electrons. The molecule has 1 unspecified atom stereocenters. The Labute approximate surface area is 124 Å². The summed E-state index contributed by atoms with van der Waals surface area (Å²) in [4.78, 5) is 11.6. The average Bonchev–Trinajstić information content (AvgIpc) is 2.46. The minimum Gasteiger partial charge on any atom is -0.384 e. The molecule has 20 heavy (non-hydrogen) atoms. The van der Waals surface area contributed by atoms with Crippen molar-refractivity contribution in [3.63, 3.8) is 0 Å². The minimum atomic E-state index is -1.07. The van der Waals surface area contributed by atoms with Crippen molar-refractivity contribution in [3.05, 3.63) is 48.6 Å². The molecular formula is C15H22N2O2S. The van der Waals surface area contributed by atoms with Crippen LogP contribution in [0.25, 0.3) is 0 Å². The van der Waals surface area contributed by atoms with E-state index in [0.29, 0.717) is 6.54 Å². The average molecular weight is 294 g/mol. The van der Waals surface area contributed by atoms with Crippen LogP contribution in [0.4, 0.5) is 4.79 Å². The third-order valence-corrected chi connectivity index (χ3v) is 3.72. The number of urea groups is 1. The Balaban J connectivity index is 2.28. The second-order valence-electron chi connectivity index (χ2n) is 4.61. The Morgan fingerprint density at radius 2 is 2.10 bits per heavy atom. The summed E-state index contributed by atoms with van der Waals surface area (Å²) >= 11 is 1.71. The van der Waals surface area contributed by atoms with Gasteiger partial charge in [0.15, 0.2) is 0 Å². The van der Waals surface area contributed by atoms with E-state index in [-0.39, 0.29) is 12.6 Å². The standard InChI is InChI=1S/C15H22N2O2S/c1-3-10-20-11-9-16-14(18)17-12-15(2,19)13-7-5-4-6-8-13/h3-8,19H,1,9-12H2,2H3,(H2,16,17,18).